The summed E-state index contributed by atoms with van der Waals surface area (Å²) >= 11 is 1.01. The van der Waals surface area contributed by atoms with Gasteiger partial charge in [0.15, 0.2) is 0 Å². The van der Waals surface area contributed by atoms with E-state index in [0.717, 1.165) is 11.3 Å². The number of likely N-dealkylation sites (N-methyl/N-ethyl adjacent to an activating group) is 1. The van der Waals surface area contributed by atoms with Crippen molar-refractivity contribution in [3.63, 3.8) is 0 Å². The van der Waals surface area contributed by atoms with Gasteiger partial charge in [0.25, 0.3) is 5.91 Å². The summed E-state index contributed by atoms with van der Waals surface area (Å²) in [6.07, 6.45) is 0. The molecule has 0 aliphatic heterocycles. The van der Waals surface area contributed by atoms with E-state index in [1.807, 2.05) is 0 Å². The Balaban J connectivity index is 2.61. The van der Waals surface area contributed by atoms with Crippen molar-refractivity contribution in [1.82, 2.24) is 10.6 Å². The Labute approximate surface area is 102 Å². The molecular weight excluding hydrogens is 244 g/mol. The first-order valence-electron chi connectivity index (χ1n) is 4.75. The fraction of sp³-hybridized carbons (Fsp3) is 0.300. The molecule has 0 saturated heterocycles. The number of hydrogen-bond donors (Lipinski definition) is 2. The maximum Gasteiger partial charge on any atom is 0.348 e. The van der Waals surface area contributed by atoms with Crippen molar-refractivity contribution in [1.29, 1.82) is 0 Å². The van der Waals surface area contributed by atoms with Gasteiger partial charge in [0.05, 0.1) is 18.5 Å². The van der Waals surface area contributed by atoms with Gasteiger partial charge >= 0.3 is 5.97 Å². The highest BCUT2D eigenvalue weighted by molar-refractivity contribution is 7.15. The summed E-state index contributed by atoms with van der Waals surface area (Å²) in [5.74, 6) is -1.17. The number of nitrogens with one attached hydrogen (secondary N) is 2. The van der Waals surface area contributed by atoms with Crippen molar-refractivity contribution in [2.24, 2.45) is 0 Å². The summed E-state index contributed by atoms with van der Waals surface area (Å²) in [6, 6.07) is 3.02. The highest BCUT2D eigenvalue weighted by Gasteiger charge is 2.14. The van der Waals surface area contributed by atoms with Crippen molar-refractivity contribution in [2.75, 3.05) is 20.7 Å². The predicted molar refractivity (Wildman–Crippen MR) is 62.1 cm³/mol. The van der Waals surface area contributed by atoms with Gasteiger partial charge in [-0.2, -0.15) is 0 Å². The maximum atomic E-state index is 11.6. The summed E-state index contributed by atoms with van der Waals surface area (Å²) in [5, 5.41) is 4.81. The zero-order chi connectivity index (χ0) is 12.8. The number of esters is 1. The molecule has 0 bridgehead atoms. The van der Waals surface area contributed by atoms with Crippen LogP contribution in [0.1, 0.15) is 19.3 Å². The summed E-state index contributed by atoms with van der Waals surface area (Å²) in [4.78, 5) is 34.3. The van der Waals surface area contributed by atoms with Crippen LogP contribution in [-0.4, -0.2) is 38.5 Å². The van der Waals surface area contributed by atoms with Crippen LogP contribution < -0.4 is 10.6 Å². The highest BCUT2D eigenvalue weighted by Crippen LogP contribution is 2.16. The normalized spacial score (nSPS) is 9.53. The lowest BCUT2D eigenvalue weighted by molar-refractivity contribution is -0.119. The number of carbonyl (C=O) groups excluding carboxylic acids is 3. The number of methoxy groups -OCH3 is 1. The van der Waals surface area contributed by atoms with Gasteiger partial charge in [0.2, 0.25) is 5.91 Å². The average molecular weight is 256 g/mol. The topological polar surface area (TPSA) is 84.5 Å². The van der Waals surface area contributed by atoms with Crippen molar-refractivity contribution < 1.29 is 19.1 Å². The Morgan fingerprint density at radius 2 is 1.94 bits per heavy atom. The van der Waals surface area contributed by atoms with Gasteiger partial charge in [-0.25, -0.2) is 4.79 Å². The van der Waals surface area contributed by atoms with Crippen LogP contribution in [0.25, 0.3) is 0 Å². The number of carbonyl (C=O) groups is 3. The van der Waals surface area contributed by atoms with Crippen molar-refractivity contribution in [3.8, 4) is 0 Å². The maximum absolute atomic E-state index is 11.6. The van der Waals surface area contributed by atoms with Gasteiger partial charge in [-0.05, 0) is 12.1 Å². The lowest BCUT2D eigenvalue weighted by Gasteiger charge is -2.01. The quantitative estimate of drug-likeness (QED) is 0.743. The fourth-order valence-electron chi connectivity index (χ4n) is 1.01. The van der Waals surface area contributed by atoms with Crippen LogP contribution in [0.15, 0.2) is 12.1 Å². The molecular formula is C10H12N2O4S. The van der Waals surface area contributed by atoms with E-state index in [1.165, 1.54) is 26.3 Å². The molecule has 0 saturated carbocycles. The lowest BCUT2D eigenvalue weighted by Crippen LogP contribution is -2.34. The molecule has 17 heavy (non-hydrogen) atoms. The molecule has 0 spiro atoms. The smallest absolute Gasteiger partial charge is 0.348 e. The molecule has 1 aromatic rings. The zero-order valence-electron chi connectivity index (χ0n) is 9.40. The number of amides is 2. The van der Waals surface area contributed by atoms with E-state index in [9.17, 15) is 14.4 Å². The molecule has 6 nitrogen and oxygen atoms in total. The summed E-state index contributed by atoms with van der Waals surface area (Å²) < 4.78 is 4.52. The third-order valence-electron chi connectivity index (χ3n) is 1.90. The Morgan fingerprint density at radius 1 is 1.29 bits per heavy atom. The van der Waals surface area contributed by atoms with E-state index in [0.29, 0.717) is 9.75 Å². The van der Waals surface area contributed by atoms with Gasteiger partial charge in [-0.1, -0.05) is 0 Å². The molecule has 1 rings (SSSR count). The van der Waals surface area contributed by atoms with Crippen molar-refractivity contribution >= 4 is 29.1 Å². The first-order chi connectivity index (χ1) is 8.08. The largest absolute Gasteiger partial charge is 0.465 e. The number of rotatable bonds is 4. The van der Waals surface area contributed by atoms with Gasteiger partial charge in [-0.3, -0.25) is 9.59 Å². The lowest BCUT2D eigenvalue weighted by atomic mass is 10.4. The molecule has 0 aromatic carbocycles. The Hall–Kier alpha value is -1.89. The summed E-state index contributed by atoms with van der Waals surface area (Å²) in [6.45, 7) is -0.0964. The van der Waals surface area contributed by atoms with Crippen LogP contribution in [0.2, 0.25) is 0 Å². The standard InChI is InChI=1S/C10H12N2O4S/c1-11-8(13)5-12-9(14)6-3-4-7(17-6)10(15)16-2/h3-4H,5H2,1-2H3,(H,11,13)(H,12,14). The van der Waals surface area contributed by atoms with Crippen LogP contribution in [-0.2, 0) is 9.53 Å². The zero-order valence-corrected chi connectivity index (χ0v) is 10.2. The molecule has 2 N–H and O–H groups in total. The van der Waals surface area contributed by atoms with Crippen molar-refractivity contribution in [2.45, 2.75) is 0 Å². The average Bonchev–Trinajstić information content (AvgIpc) is 2.83. The van der Waals surface area contributed by atoms with E-state index < -0.39 is 11.9 Å². The molecule has 0 aliphatic carbocycles. The molecule has 0 unspecified atom stereocenters. The van der Waals surface area contributed by atoms with Crippen LogP contribution in [0, 0.1) is 0 Å². The molecule has 1 aromatic heterocycles. The molecule has 0 fully saturated rings. The van der Waals surface area contributed by atoms with Gasteiger partial charge < -0.3 is 15.4 Å². The van der Waals surface area contributed by atoms with Crippen LogP contribution in [0.5, 0.6) is 0 Å². The summed E-state index contributed by atoms with van der Waals surface area (Å²) in [5.41, 5.74) is 0. The Kier molecular flexibility index (Phi) is 4.65. The first kappa shape index (κ1) is 13.2. The van der Waals surface area contributed by atoms with E-state index in [2.05, 4.69) is 15.4 Å². The molecule has 7 heteroatoms. The molecule has 0 atom stereocenters. The van der Waals surface area contributed by atoms with Crippen LogP contribution in [0.4, 0.5) is 0 Å². The minimum atomic E-state index is -0.486. The van der Waals surface area contributed by atoms with E-state index in [4.69, 9.17) is 0 Å². The van der Waals surface area contributed by atoms with Crippen molar-refractivity contribution in [3.05, 3.63) is 21.9 Å². The molecule has 0 radical (unpaired) electrons. The first-order valence-corrected chi connectivity index (χ1v) is 5.57. The van der Waals surface area contributed by atoms with Gasteiger partial charge in [0, 0.05) is 7.05 Å². The SMILES string of the molecule is CNC(=O)CNC(=O)c1ccc(C(=O)OC)s1. The van der Waals surface area contributed by atoms with Gasteiger partial charge in [0.1, 0.15) is 4.88 Å². The Bertz CT molecular complexity index is 441. The Morgan fingerprint density at radius 3 is 2.53 bits per heavy atom. The number of thiophene rings is 1. The molecule has 1 heterocycles. The molecule has 2 amide bonds. The second kappa shape index (κ2) is 6.00. The monoisotopic (exact) mass is 256 g/mol. The molecule has 0 aliphatic rings. The van der Waals surface area contributed by atoms with E-state index in [-0.39, 0.29) is 12.5 Å². The fourth-order valence-corrected chi connectivity index (χ4v) is 1.85. The second-order valence-corrected chi connectivity index (χ2v) is 4.10. The third-order valence-corrected chi connectivity index (χ3v) is 2.97. The van der Waals surface area contributed by atoms with Crippen LogP contribution in [0.3, 0.4) is 0 Å². The third kappa shape index (κ3) is 3.56. The predicted octanol–water partition coefficient (Wildman–Crippen LogP) is 0.0105. The van der Waals surface area contributed by atoms with E-state index in [1.54, 1.807) is 0 Å². The number of ether oxygens (including phenoxy) is 1. The minimum Gasteiger partial charge on any atom is -0.465 e. The number of hydrogen-bond acceptors (Lipinski definition) is 5. The van der Waals surface area contributed by atoms with E-state index >= 15 is 0 Å². The van der Waals surface area contributed by atoms with Gasteiger partial charge in [-0.15, -0.1) is 11.3 Å². The summed E-state index contributed by atoms with van der Waals surface area (Å²) in [7, 11) is 2.75. The second-order valence-electron chi connectivity index (χ2n) is 3.01. The minimum absolute atomic E-state index is 0.0964. The molecule has 92 valence electrons. The highest BCUT2D eigenvalue weighted by atomic mass is 32.1. The van der Waals surface area contributed by atoms with Crippen LogP contribution >= 0.6 is 11.3 Å².